The second-order valence-corrected chi connectivity index (χ2v) is 8.08. The average molecular weight is 385 g/mol. The fourth-order valence-electron chi connectivity index (χ4n) is 1.80. The molecule has 0 bridgehead atoms. The van der Waals surface area contributed by atoms with Crippen molar-refractivity contribution in [2.24, 2.45) is 0 Å². The Labute approximate surface area is 132 Å². The fourth-order valence-corrected chi connectivity index (χ4v) is 4.89. The second kappa shape index (κ2) is 7.11. The maximum atomic E-state index is 14.1. The molecule has 0 aliphatic heterocycles. The first-order valence-corrected chi connectivity index (χ1v) is 9.59. The summed E-state index contributed by atoms with van der Waals surface area (Å²) in [5.41, 5.74) is 5.81. The van der Waals surface area contributed by atoms with Gasteiger partial charge in [0.15, 0.2) is 5.82 Å². The van der Waals surface area contributed by atoms with E-state index in [-0.39, 0.29) is 16.2 Å². The molecule has 0 amide bonds. The Kier molecular flexibility index (Phi) is 6.30. The number of nitrogens with two attached hydrogens (primary N) is 1. The van der Waals surface area contributed by atoms with E-state index in [1.165, 1.54) is 17.4 Å². The third-order valence-corrected chi connectivity index (χ3v) is 6.22. The molecule has 4 nitrogen and oxygen atoms in total. The number of nitrogen functional groups attached to an aromatic ring is 1. The van der Waals surface area contributed by atoms with Gasteiger partial charge in [-0.1, -0.05) is 6.92 Å². The van der Waals surface area contributed by atoms with E-state index in [4.69, 9.17) is 5.73 Å². The van der Waals surface area contributed by atoms with Crippen LogP contribution in [0.1, 0.15) is 13.3 Å². The van der Waals surface area contributed by atoms with Crippen LogP contribution in [0.15, 0.2) is 21.5 Å². The van der Waals surface area contributed by atoms with Crippen LogP contribution in [-0.2, 0) is 10.0 Å². The topological polar surface area (TPSA) is 63.4 Å². The molecule has 2 N–H and O–H groups in total. The van der Waals surface area contributed by atoms with Crippen molar-refractivity contribution in [1.82, 2.24) is 4.31 Å². The number of hydrogen-bond acceptors (Lipinski definition) is 4. The minimum Gasteiger partial charge on any atom is -0.399 e. The molecular formula is C12H18BrFN2O2S2. The highest BCUT2D eigenvalue weighted by atomic mass is 79.9. The summed E-state index contributed by atoms with van der Waals surface area (Å²) in [4.78, 5) is -0.397. The quantitative estimate of drug-likeness (QED) is 0.765. The van der Waals surface area contributed by atoms with Gasteiger partial charge in [0.2, 0.25) is 10.0 Å². The summed E-state index contributed by atoms with van der Waals surface area (Å²) < 4.78 is 40.4. The standard InChI is InChI=1S/C12H18BrFN2O2S2/c1-4-9(7-19-3)16(2)20(17,18)11-6-8(15)5-10(13)12(11)14/h5-6,9H,4,7,15H2,1-3H3. The van der Waals surface area contributed by atoms with Crippen LogP contribution in [0.25, 0.3) is 0 Å². The van der Waals surface area contributed by atoms with Crippen molar-refractivity contribution >= 4 is 43.4 Å². The van der Waals surface area contributed by atoms with Crippen LogP contribution >= 0.6 is 27.7 Å². The number of benzene rings is 1. The highest BCUT2D eigenvalue weighted by molar-refractivity contribution is 9.10. The predicted octanol–water partition coefficient (Wildman–Crippen LogP) is 2.93. The van der Waals surface area contributed by atoms with Gasteiger partial charge in [0.25, 0.3) is 0 Å². The normalized spacial score (nSPS) is 13.7. The first-order valence-electron chi connectivity index (χ1n) is 5.97. The smallest absolute Gasteiger partial charge is 0.246 e. The van der Waals surface area contributed by atoms with Crippen LogP contribution in [-0.4, -0.2) is 37.8 Å². The molecule has 1 rings (SSSR count). The number of anilines is 1. The average Bonchev–Trinajstić information content (AvgIpc) is 2.39. The number of rotatable bonds is 6. The third kappa shape index (κ3) is 3.66. The number of sulfonamides is 1. The molecule has 20 heavy (non-hydrogen) atoms. The summed E-state index contributed by atoms with van der Waals surface area (Å²) in [7, 11) is -2.44. The lowest BCUT2D eigenvalue weighted by Crippen LogP contribution is -2.38. The molecule has 114 valence electrons. The molecule has 0 aliphatic carbocycles. The van der Waals surface area contributed by atoms with Crippen LogP contribution < -0.4 is 5.73 Å². The van der Waals surface area contributed by atoms with E-state index in [2.05, 4.69) is 15.9 Å². The van der Waals surface area contributed by atoms with Gasteiger partial charge in [0, 0.05) is 24.5 Å². The van der Waals surface area contributed by atoms with E-state index in [1.54, 1.807) is 11.8 Å². The number of nitrogens with zero attached hydrogens (tertiary/aromatic N) is 1. The second-order valence-electron chi connectivity index (χ2n) is 4.35. The molecule has 0 spiro atoms. The Morgan fingerprint density at radius 2 is 2.10 bits per heavy atom. The molecule has 0 fully saturated rings. The van der Waals surface area contributed by atoms with Gasteiger partial charge in [-0.2, -0.15) is 16.1 Å². The Bertz CT molecular complexity index is 581. The summed E-state index contributed by atoms with van der Waals surface area (Å²) >= 11 is 4.53. The Morgan fingerprint density at radius 1 is 1.50 bits per heavy atom. The maximum absolute atomic E-state index is 14.1. The van der Waals surface area contributed by atoms with Gasteiger partial charge in [-0.25, -0.2) is 12.8 Å². The van der Waals surface area contributed by atoms with Gasteiger partial charge in [0.05, 0.1) is 4.47 Å². The van der Waals surface area contributed by atoms with Gasteiger partial charge in [0.1, 0.15) is 4.90 Å². The van der Waals surface area contributed by atoms with Crippen molar-refractivity contribution in [2.75, 3.05) is 24.8 Å². The molecule has 0 aliphatic rings. The zero-order chi connectivity index (χ0) is 15.5. The van der Waals surface area contributed by atoms with Gasteiger partial charge < -0.3 is 5.73 Å². The van der Waals surface area contributed by atoms with Gasteiger partial charge >= 0.3 is 0 Å². The van der Waals surface area contributed by atoms with E-state index in [1.807, 2.05) is 13.2 Å². The van der Waals surface area contributed by atoms with Crippen LogP contribution in [0.3, 0.4) is 0 Å². The predicted molar refractivity (Wildman–Crippen MR) is 85.9 cm³/mol. The Hall–Kier alpha value is -0.310. The first kappa shape index (κ1) is 17.7. The van der Waals surface area contributed by atoms with Crippen LogP contribution in [0, 0.1) is 5.82 Å². The minimum atomic E-state index is -3.91. The lowest BCUT2D eigenvalue weighted by atomic mass is 10.3. The first-order chi connectivity index (χ1) is 9.25. The van der Waals surface area contributed by atoms with Gasteiger partial charge in [-0.05, 0) is 40.7 Å². The molecule has 1 aromatic carbocycles. The zero-order valence-corrected chi connectivity index (χ0v) is 14.8. The molecule has 0 radical (unpaired) electrons. The highest BCUT2D eigenvalue weighted by Gasteiger charge is 2.30. The molecule has 1 aromatic rings. The number of hydrogen-bond donors (Lipinski definition) is 1. The van der Waals surface area contributed by atoms with Crippen molar-refractivity contribution in [3.05, 3.63) is 22.4 Å². The summed E-state index contributed by atoms with van der Waals surface area (Å²) in [6.07, 6.45) is 2.56. The number of halogens is 2. The summed E-state index contributed by atoms with van der Waals surface area (Å²) in [6.45, 7) is 1.90. The molecule has 1 atom stereocenters. The van der Waals surface area contributed by atoms with Crippen molar-refractivity contribution in [3.8, 4) is 0 Å². The van der Waals surface area contributed by atoms with E-state index >= 15 is 0 Å². The van der Waals surface area contributed by atoms with E-state index < -0.39 is 20.7 Å². The molecule has 8 heteroatoms. The molecule has 0 saturated carbocycles. The van der Waals surface area contributed by atoms with Crippen LogP contribution in [0.2, 0.25) is 0 Å². The third-order valence-electron chi connectivity index (χ3n) is 3.02. The molecule has 0 heterocycles. The van der Waals surface area contributed by atoms with Crippen LogP contribution in [0.5, 0.6) is 0 Å². The van der Waals surface area contributed by atoms with Crippen molar-refractivity contribution < 1.29 is 12.8 Å². The lowest BCUT2D eigenvalue weighted by molar-refractivity contribution is 0.383. The highest BCUT2D eigenvalue weighted by Crippen LogP contribution is 2.29. The van der Waals surface area contributed by atoms with Gasteiger partial charge in [-0.3, -0.25) is 0 Å². The summed E-state index contributed by atoms with van der Waals surface area (Å²) in [6, 6.07) is 2.31. The molecule has 1 unspecified atom stereocenters. The summed E-state index contributed by atoms with van der Waals surface area (Å²) in [5.74, 6) is -0.165. The zero-order valence-electron chi connectivity index (χ0n) is 11.6. The van der Waals surface area contributed by atoms with Crippen LogP contribution in [0.4, 0.5) is 10.1 Å². The van der Waals surface area contributed by atoms with Crippen molar-refractivity contribution in [3.63, 3.8) is 0 Å². The SMILES string of the molecule is CCC(CSC)N(C)S(=O)(=O)c1cc(N)cc(Br)c1F. The summed E-state index contributed by atoms with van der Waals surface area (Å²) in [5, 5.41) is 0. The lowest BCUT2D eigenvalue weighted by Gasteiger charge is -2.26. The Balaban J connectivity index is 3.29. The largest absolute Gasteiger partial charge is 0.399 e. The van der Waals surface area contributed by atoms with Crippen molar-refractivity contribution in [2.45, 2.75) is 24.3 Å². The van der Waals surface area contributed by atoms with E-state index in [0.717, 1.165) is 6.07 Å². The number of thioether (sulfide) groups is 1. The van der Waals surface area contributed by atoms with E-state index in [9.17, 15) is 12.8 Å². The molecule has 0 saturated heterocycles. The Morgan fingerprint density at radius 3 is 2.60 bits per heavy atom. The monoisotopic (exact) mass is 384 g/mol. The molecular weight excluding hydrogens is 367 g/mol. The maximum Gasteiger partial charge on any atom is 0.246 e. The van der Waals surface area contributed by atoms with Gasteiger partial charge in [-0.15, -0.1) is 0 Å². The molecule has 0 aromatic heterocycles. The van der Waals surface area contributed by atoms with E-state index in [0.29, 0.717) is 12.2 Å². The van der Waals surface area contributed by atoms with Crippen molar-refractivity contribution in [1.29, 1.82) is 0 Å². The fraction of sp³-hybridized carbons (Fsp3) is 0.500. The minimum absolute atomic E-state index is 0.0439.